The van der Waals surface area contributed by atoms with Crippen molar-refractivity contribution >= 4 is 17.2 Å². The van der Waals surface area contributed by atoms with E-state index in [1.54, 1.807) is 5.32 Å². The number of nitrogens with one attached hydrogen (secondary N) is 1. The maximum atomic E-state index is 12.0. The molecule has 0 aliphatic rings. The maximum absolute atomic E-state index is 12.0. The number of benzene rings is 1. The molecular weight excluding hydrogens is 317 g/mol. The monoisotopic (exact) mass is 330 g/mol. The van der Waals surface area contributed by atoms with Crippen LogP contribution in [0.25, 0.3) is 0 Å². The lowest BCUT2D eigenvalue weighted by Gasteiger charge is -2.09. The molecule has 0 bridgehead atoms. The Bertz CT molecular complexity index is 638. The van der Waals surface area contributed by atoms with Gasteiger partial charge in [-0.1, -0.05) is 0 Å². The molecule has 0 fully saturated rings. The van der Waals surface area contributed by atoms with Crippen LogP contribution in [0, 0.1) is 6.92 Å². The van der Waals surface area contributed by atoms with Crippen LogP contribution in [0.4, 0.5) is 13.2 Å². The minimum atomic E-state index is -4.43. The van der Waals surface area contributed by atoms with Gasteiger partial charge in [0.1, 0.15) is 23.9 Å². The van der Waals surface area contributed by atoms with E-state index in [1.165, 1.54) is 35.6 Å². The molecule has 118 valence electrons. The minimum absolute atomic E-state index is 0.140. The highest BCUT2D eigenvalue weighted by Crippen LogP contribution is 2.17. The SMILES string of the molecule is Cc1csc(COc2ccc(C(=O)NCC(F)(F)F)cc2)n1. The molecule has 0 aliphatic carbocycles. The summed E-state index contributed by atoms with van der Waals surface area (Å²) in [5.74, 6) is -0.264. The van der Waals surface area contributed by atoms with Gasteiger partial charge in [-0.05, 0) is 31.2 Å². The van der Waals surface area contributed by atoms with Gasteiger partial charge in [-0.2, -0.15) is 13.2 Å². The van der Waals surface area contributed by atoms with Gasteiger partial charge in [0, 0.05) is 16.6 Å². The Morgan fingerprint density at radius 2 is 2.00 bits per heavy atom. The summed E-state index contributed by atoms with van der Waals surface area (Å²) in [6.45, 7) is 0.833. The van der Waals surface area contributed by atoms with Gasteiger partial charge in [-0.3, -0.25) is 4.79 Å². The number of alkyl halides is 3. The van der Waals surface area contributed by atoms with Crippen LogP contribution in [0.1, 0.15) is 21.1 Å². The minimum Gasteiger partial charge on any atom is -0.486 e. The Morgan fingerprint density at radius 1 is 1.32 bits per heavy atom. The molecule has 0 unspecified atom stereocenters. The molecule has 1 heterocycles. The largest absolute Gasteiger partial charge is 0.486 e. The number of hydrogen-bond acceptors (Lipinski definition) is 4. The molecule has 0 atom stereocenters. The Balaban J connectivity index is 1.88. The summed E-state index contributed by atoms with van der Waals surface area (Å²) < 4.78 is 41.5. The van der Waals surface area contributed by atoms with Crippen LogP contribution in [0.5, 0.6) is 5.75 Å². The molecule has 0 saturated heterocycles. The van der Waals surface area contributed by atoms with Crippen LogP contribution in [-0.2, 0) is 6.61 Å². The zero-order chi connectivity index (χ0) is 16.2. The van der Waals surface area contributed by atoms with Crippen molar-refractivity contribution < 1.29 is 22.7 Å². The van der Waals surface area contributed by atoms with Crippen LogP contribution in [0.2, 0.25) is 0 Å². The molecule has 0 radical (unpaired) electrons. The number of aromatic nitrogens is 1. The third-order valence-corrected chi connectivity index (χ3v) is 3.53. The summed E-state index contributed by atoms with van der Waals surface area (Å²) in [5.41, 5.74) is 1.06. The van der Waals surface area contributed by atoms with E-state index in [9.17, 15) is 18.0 Å². The molecule has 0 saturated carbocycles. The second-order valence-corrected chi connectivity index (χ2v) is 5.44. The fourth-order valence-electron chi connectivity index (χ4n) is 1.60. The standard InChI is InChI=1S/C14H13F3N2O2S/c1-9-7-22-12(19-9)6-21-11-4-2-10(3-5-11)13(20)18-8-14(15,16)17/h2-5,7H,6,8H2,1H3,(H,18,20). The molecule has 1 aromatic heterocycles. The van der Waals surface area contributed by atoms with Crippen molar-refractivity contribution in [1.29, 1.82) is 0 Å². The summed E-state index contributed by atoms with van der Waals surface area (Å²) in [6.07, 6.45) is -4.43. The Hall–Kier alpha value is -2.09. The third kappa shape index (κ3) is 5.03. The summed E-state index contributed by atoms with van der Waals surface area (Å²) >= 11 is 1.48. The molecule has 0 spiro atoms. The smallest absolute Gasteiger partial charge is 0.405 e. The lowest BCUT2D eigenvalue weighted by molar-refractivity contribution is -0.123. The number of nitrogens with zero attached hydrogens (tertiary/aromatic N) is 1. The second-order valence-electron chi connectivity index (χ2n) is 4.49. The number of amides is 1. The first-order valence-corrected chi connectivity index (χ1v) is 7.20. The molecule has 1 aromatic carbocycles. The van der Waals surface area contributed by atoms with Crippen LogP contribution in [-0.4, -0.2) is 23.6 Å². The number of thiazole rings is 1. The van der Waals surface area contributed by atoms with Gasteiger partial charge in [-0.15, -0.1) is 11.3 Å². The predicted octanol–water partition coefficient (Wildman–Crippen LogP) is 3.32. The molecule has 22 heavy (non-hydrogen) atoms. The van der Waals surface area contributed by atoms with E-state index in [0.717, 1.165) is 10.7 Å². The highest BCUT2D eigenvalue weighted by molar-refractivity contribution is 7.09. The number of rotatable bonds is 5. The summed E-state index contributed by atoms with van der Waals surface area (Å²) in [5, 5.41) is 4.54. The molecule has 1 N–H and O–H groups in total. The Labute approximate surface area is 128 Å². The fraction of sp³-hybridized carbons (Fsp3) is 0.286. The van der Waals surface area contributed by atoms with E-state index in [4.69, 9.17) is 4.74 Å². The van der Waals surface area contributed by atoms with Crippen molar-refractivity contribution in [2.45, 2.75) is 19.7 Å². The first kappa shape index (κ1) is 16.3. The number of carbonyl (C=O) groups excluding carboxylic acids is 1. The Kier molecular flexibility index (Phi) is 5.02. The lowest BCUT2D eigenvalue weighted by atomic mass is 10.2. The van der Waals surface area contributed by atoms with Crippen molar-refractivity contribution in [2.24, 2.45) is 0 Å². The van der Waals surface area contributed by atoms with Crippen molar-refractivity contribution in [3.8, 4) is 5.75 Å². The van der Waals surface area contributed by atoms with E-state index in [0.29, 0.717) is 12.4 Å². The zero-order valence-corrected chi connectivity index (χ0v) is 12.4. The molecule has 4 nitrogen and oxygen atoms in total. The van der Waals surface area contributed by atoms with Crippen molar-refractivity contribution in [3.63, 3.8) is 0 Å². The number of ether oxygens (including phenoxy) is 1. The topological polar surface area (TPSA) is 51.2 Å². The van der Waals surface area contributed by atoms with E-state index in [1.807, 2.05) is 12.3 Å². The fourth-order valence-corrected chi connectivity index (χ4v) is 2.28. The van der Waals surface area contributed by atoms with Gasteiger partial charge in [0.25, 0.3) is 5.91 Å². The quantitative estimate of drug-likeness (QED) is 0.915. The van der Waals surface area contributed by atoms with E-state index in [-0.39, 0.29) is 5.56 Å². The van der Waals surface area contributed by atoms with Gasteiger partial charge in [0.05, 0.1) is 0 Å². The predicted molar refractivity (Wildman–Crippen MR) is 76.0 cm³/mol. The first-order chi connectivity index (χ1) is 10.3. The average molecular weight is 330 g/mol. The molecule has 1 amide bonds. The molecule has 0 aliphatic heterocycles. The van der Waals surface area contributed by atoms with Crippen LogP contribution in [0.15, 0.2) is 29.6 Å². The van der Waals surface area contributed by atoms with E-state index in [2.05, 4.69) is 4.98 Å². The second kappa shape index (κ2) is 6.78. The van der Waals surface area contributed by atoms with Gasteiger partial charge in [-0.25, -0.2) is 4.98 Å². The third-order valence-electron chi connectivity index (χ3n) is 2.59. The maximum Gasteiger partial charge on any atom is 0.405 e. The number of aryl methyl sites for hydroxylation is 1. The number of hydrogen-bond donors (Lipinski definition) is 1. The zero-order valence-electron chi connectivity index (χ0n) is 11.6. The van der Waals surface area contributed by atoms with Crippen molar-refractivity contribution in [3.05, 3.63) is 45.9 Å². The van der Waals surface area contributed by atoms with Gasteiger partial charge >= 0.3 is 6.18 Å². The van der Waals surface area contributed by atoms with Crippen LogP contribution < -0.4 is 10.1 Å². The highest BCUT2D eigenvalue weighted by atomic mass is 32.1. The Morgan fingerprint density at radius 3 is 2.55 bits per heavy atom. The highest BCUT2D eigenvalue weighted by Gasteiger charge is 2.27. The number of carbonyl (C=O) groups is 1. The lowest BCUT2D eigenvalue weighted by Crippen LogP contribution is -2.33. The summed E-state index contributed by atoms with van der Waals surface area (Å²) in [4.78, 5) is 15.8. The van der Waals surface area contributed by atoms with Gasteiger partial charge in [0.15, 0.2) is 0 Å². The molecule has 2 aromatic rings. The summed E-state index contributed by atoms with van der Waals surface area (Å²) in [7, 11) is 0. The molecule has 2 rings (SSSR count). The normalized spacial score (nSPS) is 11.3. The number of halogens is 3. The van der Waals surface area contributed by atoms with Crippen molar-refractivity contribution in [1.82, 2.24) is 10.3 Å². The van der Waals surface area contributed by atoms with Gasteiger partial charge < -0.3 is 10.1 Å². The van der Waals surface area contributed by atoms with E-state index >= 15 is 0 Å². The van der Waals surface area contributed by atoms with Crippen molar-refractivity contribution in [2.75, 3.05) is 6.54 Å². The first-order valence-electron chi connectivity index (χ1n) is 6.32. The van der Waals surface area contributed by atoms with E-state index < -0.39 is 18.6 Å². The van der Waals surface area contributed by atoms with Crippen LogP contribution in [0.3, 0.4) is 0 Å². The van der Waals surface area contributed by atoms with Crippen LogP contribution >= 0.6 is 11.3 Å². The van der Waals surface area contributed by atoms with Gasteiger partial charge in [0.2, 0.25) is 0 Å². The molecule has 8 heteroatoms. The molecular formula is C14H13F3N2O2S. The average Bonchev–Trinajstić information content (AvgIpc) is 2.88. The summed E-state index contributed by atoms with van der Waals surface area (Å²) in [6, 6.07) is 5.88.